The van der Waals surface area contributed by atoms with Crippen LogP contribution in [0, 0.1) is 11.3 Å². The summed E-state index contributed by atoms with van der Waals surface area (Å²) < 4.78 is 10.6. The second-order valence-corrected chi connectivity index (χ2v) is 4.31. The van der Waals surface area contributed by atoms with Gasteiger partial charge < -0.3 is 14.6 Å². The van der Waals surface area contributed by atoms with Gasteiger partial charge in [0.05, 0.1) is 7.11 Å². The fourth-order valence-corrected chi connectivity index (χ4v) is 1.77. The smallest absolute Gasteiger partial charge is 0.211 e. The first-order chi connectivity index (χ1) is 9.68. The Bertz CT molecular complexity index is 607. The van der Waals surface area contributed by atoms with Crippen LogP contribution in [0.3, 0.4) is 0 Å². The van der Waals surface area contributed by atoms with Crippen LogP contribution in [0.1, 0.15) is 5.56 Å². The Hall–Kier alpha value is -2.51. The van der Waals surface area contributed by atoms with Gasteiger partial charge in [0.1, 0.15) is 24.2 Å². The molecule has 1 unspecified atom stereocenters. The zero-order chi connectivity index (χ0) is 14.4. The van der Waals surface area contributed by atoms with E-state index in [0.29, 0.717) is 17.1 Å². The standard InChI is InChI=1S/C16H15NO3/c1-19-14-8-5-9-15(10-14)20-12-16(18,11-17)13-6-3-2-4-7-13/h2-10,18H,12H2,1H3. The van der Waals surface area contributed by atoms with E-state index in [2.05, 4.69) is 0 Å². The monoisotopic (exact) mass is 269 g/mol. The topological polar surface area (TPSA) is 62.5 Å². The van der Waals surface area contributed by atoms with Crippen molar-refractivity contribution in [2.45, 2.75) is 5.60 Å². The molecule has 0 aliphatic carbocycles. The summed E-state index contributed by atoms with van der Waals surface area (Å²) in [4.78, 5) is 0. The lowest BCUT2D eigenvalue weighted by Crippen LogP contribution is -2.31. The van der Waals surface area contributed by atoms with Gasteiger partial charge in [-0.2, -0.15) is 5.26 Å². The van der Waals surface area contributed by atoms with Gasteiger partial charge in [-0.15, -0.1) is 0 Å². The summed E-state index contributed by atoms with van der Waals surface area (Å²) in [5.74, 6) is 1.19. The van der Waals surface area contributed by atoms with Crippen LogP contribution in [0.4, 0.5) is 0 Å². The van der Waals surface area contributed by atoms with E-state index in [9.17, 15) is 10.4 Å². The summed E-state index contributed by atoms with van der Waals surface area (Å²) in [6, 6.07) is 17.6. The Morgan fingerprint density at radius 2 is 1.80 bits per heavy atom. The number of nitriles is 1. The van der Waals surface area contributed by atoms with E-state index < -0.39 is 5.60 Å². The number of aliphatic hydroxyl groups is 1. The second-order valence-electron chi connectivity index (χ2n) is 4.31. The number of ether oxygens (including phenoxy) is 2. The second kappa shape index (κ2) is 6.09. The molecule has 0 saturated heterocycles. The molecule has 4 heteroatoms. The summed E-state index contributed by atoms with van der Waals surface area (Å²) in [7, 11) is 1.56. The molecule has 0 radical (unpaired) electrons. The average molecular weight is 269 g/mol. The van der Waals surface area contributed by atoms with Crippen molar-refractivity contribution in [1.29, 1.82) is 5.26 Å². The fraction of sp³-hybridized carbons (Fsp3) is 0.188. The Morgan fingerprint density at radius 1 is 1.10 bits per heavy atom. The molecule has 20 heavy (non-hydrogen) atoms. The molecule has 0 spiro atoms. The van der Waals surface area contributed by atoms with Crippen LogP contribution < -0.4 is 9.47 Å². The largest absolute Gasteiger partial charge is 0.497 e. The Morgan fingerprint density at radius 3 is 2.45 bits per heavy atom. The SMILES string of the molecule is COc1cccc(OCC(O)(C#N)c2ccccc2)c1. The van der Waals surface area contributed by atoms with Crippen molar-refractivity contribution in [3.63, 3.8) is 0 Å². The van der Waals surface area contributed by atoms with Crippen molar-refractivity contribution < 1.29 is 14.6 Å². The molecule has 1 atom stereocenters. The Balaban J connectivity index is 2.13. The molecule has 0 aliphatic heterocycles. The third-order valence-corrected chi connectivity index (χ3v) is 2.93. The summed E-state index contributed by atoms with van der Waals surface area (Å²) >= 11 is 0. The molecule has 2 aromatic rings. The van der Waals surface area contributed by atoms with Crippen LogP contribution in [0.5, 0.6) is 11.5 Å². The molecule has 4 nitrogen and oxygen atoms in total. The zero-order valence-electron chi connectivity index (χ0n) is 11.1. The van der Waals surface area contributed by atoms with E-state index in [0.717, 1.165) is 0 Å². The first-order valence-electron chi connectivity index (χ1n) is 6.14. The molecule has 2 aromatic carbocycles. The molecule has 0 heterocycles. The van der Waals surface area contributed by atoms with Crippen LogP contribution in [-0.2, 0) is 5.60 Å². The van der Waals surface area contributed by atoms with Crippen molar-refractivity contribution in [3.8, 4) is 17.6 Å². The maximum atomic E-state index is 10.4. The van der Waals surface area contributed by atoms with Gasteiger partial charge in [-0.1, -0.05) is 36.4 Å². The molecular weight excluding hydrogens is 254 g/mol. The highest BCUT2D eigenvalue weighted by Crippen LogP contribution is 2.24. The zero-order valence-corrected chi connectivity index (χ0v) is 11.1. The molecule has 0 fully saturated rings. The van der Waals surface area contributed by atoms with Crippen molar-refractivity contribution >= 4 is 0 Å². The summed E-state index contributed by atoms with van der Waals surface area (Å²) in [6.45, 7) is -0.152. The lowest BCUT2D eigenvalue weighted by molar-refractivity contribution is 0.0417. The van der Waals surface area contributed by atoms with Gasteiger partial charge in [0.2, 0.25) is 5.60 Å². The van der Waals surface area contributed by atoms with E-state index in [1.165, 1.54) is 0 Å². The van der Waals surface area contributed by atoms with Crippen LogP contribution >= 0.6 is 0 Å². The third kappa shape index (κ3) is 3.08. The Labute approximate surface area is 117 Å². The molecule has 0 bridgehead atoms. The molecule has 0 aromatic heterocycles. The average Bonchev–Trinajstić information content (AvgIpc) is 2.53. The van der Waals surface area contributed by atoms with Gasteiger partial charge >= 0.3 is 0 Å². The minimum atomic E-state index is -1.68. The molecule has 0 aliphatic rings. The summed E-state index contributed by atoms with van der Waals surface area (Å²) in [6.07, 6.45) is 0. The van der Waals surface area contributed by atoms with Crippen LogP contribution in [0.25, 0.3) is 0 Å². The summed E-state index contributed by atoms with van der Waals surface area (Å²) in [5.41, 5.74) is -1.17. The number of benzene rings is 2. The molecule has 1 N–H and O–H groups in total. The third-order valence-electron chi connectivity index (χ3n) is 2.93. The van der Waals surface area contributed by atoms with Gasteiger partial charge in [-0.3, -0.25) is 0 Å². The van der Waals surface area contributed by atoms with E-state index >= 15 is 0 Å². The van der Waals surface area contributed by atoms with Gasteiger partial charge in [-0.05, 0) is 12.1 Å². The van der Waals surface area contributed by atoms with E-state index in [-0.39, 0.29) is 6.61 Å². The van der Waals surface area contributed by atoms with Gasteiger partial charge in [0, 0.05) is 11.6 Å². The molecule has 0 saturated carbocycles. The van der Waals surface area contributed by atoms with Gasteiger partial charge in [0.25, 0.3) is 0 Å². The van der Waals surface area contributed by atoms with Crippen LogP contribution in [0.2, 0.25) is 0 Å². The first kappa shape index (κ1) is 13.9. The van der Waals surface area contributed by atoms with E-state index in [1.54, 1.807) is 55.6 Å². The van der Waals surface area contributed by atoms with Crippen molar-refractivity contribution in [3.05, 3.63) is 60.2 Å². The predicted octanol–water partition coefficient (Wildman–Crippen LogP) is 2.49. The van der Waals surface area contributed by atoms with Crippen LogP contribution in [-0.4, -0.2) is 18.8 Å². The Kier molecular flexibility index (Phi) is 4.24. The van der Waals surface area contributed by atoms with Gasteiger partial charge in [0.15, 0.2) is 0 Å². The molecule has 0 amide bonds. The fourth-order valence-electron chi connectivity index (χ4n) is 1.77. The van der Waals surface area contributed by atoms with Crippen molar-refractivity contribution in [2.24, 2.45) is 0 Å². The number of nitrogens with zero attached hydrogens (tertiary/aromatic N) is 1. The maximum Gasteiger partial charge on any atom is 0.211 e. The van der Waals surface area contributed by atoms with Crippen molar-refractivity contribution in [1.82, 2.24) is 0 Å². The lowest BCUT2D eigenvalue weighted by Gasteiger charge is -2.21. The highest BCUT2D eigenvalue weighted by Gasteiger charge is 2.30. The minimum absolute atomic E-state index is 0.152. The molecule has 2 rings (SSSR count). The minimum Gasteiger partial charge on any atom is -0.497 e. The predicted molar refractivity (Wildman–Crippen MR) is 74.4 cm³/mol. The number of hydrogen-bond acceptors (Lipinski definition) is 4. The number of rotatable bonds is 5. The molecular formula is C16H15NO3. The number of hydrogen-bond donors (Lipinski definition) is 1. The number of methoxy groups -OCH3 is 1. The summed E-state index contributed by atoms with van der Waals surface area (Å²) in [5, 5.41) is 19.6. The van der Waals surface area contributed by atoms with E-state index in [1.807, 2.05) is 12.1 Å². The first-order valence-corrected chi connectivity index (χ1v) is 6.14. The highest BCUT2D eigenvalue weighted by atomic mass is 16.5. The lowest BCUT2D eigenvalue weighted by atomic mass is 9.96. The normalized spacial score (nSPS) is 13.1. The highest BCUT2D eigenvalue weighted by molar-refractivity contribution is 5.34. The van der Waals surface area contributed by atoms with Crippen LogP contribution in [0.15, 0.2) is 54.6 Å². The maximum absolute atomic E-state index is 10.4. The molecule has 102 valence electrons. The quantitative estimate of drug-likeness (QED) is 0.847. The van der Waals surface area contributed by atoms with E-state index in [4.69, 9.17) is 9.47 Å². The van der Waals surface area contributed by atoms with Gasteiger partial charge in [-0.25, -0.2) is 0 Å². The van der Waals surface area contributed by atoms with Crippen molar-refractivity contribution in [2.75, 3.05) is 13.7 Å².